The van der Waals surface area contributed by atoms with Crippen molar-refractivity contribution >= 4 is 28.3 Å². The Kier molecular flexibility index (Phi) is 3.78. The highest BCUT2D eigenvalue weighted by molar-refractivity contribution is 6.00. The summed E-state index contributed by atoms with van der Waals surface area (Å²) in [5.74, 6) is 0. The number of nitrogens with zero attached hydrogens (tertiary/aromatic N) is 1. The number of H-pyrrole nitrogens is 1. The van der Waals surface area contributed by atoms with Gasteiger partial charge >= 0.3 is 6.03 Å². The fraction of sp³-hybridized carbons (Fsp3) is 0.222. The molecule has 0 aliphatic carbocycles. The molecule has 0 aliphatic rings. The highest BCUT2D eigenvalue weighted by atomic mass is 16.2. The zero-order valence-electron chi connectivity index (χ0n) is 13.5. The van der Waals surface area contributed by atoms with Gasteiger partial charge in [0.05, 0.1) is 11.7 Å². The molecule has 3 N–H and O–H groups in total. The van der Waals surface area contributed by atoms with Crippen LogP contribution in [0.3, 0.4) is 0 Å². The lowest BCUT2D eigenvalue weighted by atomic mass is 9.87. The van der Waals surface area contributed by atoms with Gasteiger partial charge in [0.25, 0.3) is 0 Å². The number of fused-ring (bicyclic) bond motifs is 1. The number of urea groups is 1. The summed E-state index contributed by atoms with van der Waals surface area (Å²) in [5, 5.41) is 13.5. The van der Waals surface area contributed by atoms with Gasteiger partial charge in [-0.25, -0.2) is 4.79 Å². The summed E-state index contributed by atoms with van der Waals surface area (Å²) in [4.78, 5) is 12.1. The number of aromatic amines is 1. The van der Waals surface area contributed by atoms with E-state index in [9.17, 15) is 4.79 Å². The van der Waals surface area contributed by atoms with E-state index in [4.69, 9.17) is 0 Å². The molecule has 0 radical (unpaired) electrons. The quantitative estimate of drug-likeness (QED) is 0.652. The molecule has 0 saturated heterocycles. The maximum Gasteiger partial charge on any atom is 0.323 e. The molecule has 0 saturated carbocycles. The molecule has 2 amide bonds. The second kappa shape index (κ2) is 5.76. The van der Waals surface area contributed by atoms with E-state index in [0.29, 0.717) is 5.69 Å². The Hall–Kier alpha value is -2.82. The Morgan fingerprint density at radius 3 is 2.35 bits per heavy atom. The first kappa shape index (κ1) is 15.1. The van der Waals surface area contributed by atoms with Crippen LogP contribution in [0.25, 0.3) is 10.9 Å². The number of carbonyl (C=O) groups is 1. The number of hydrogen-bond acceptors (Lipinski definition) is 2. The average Bonchev–Trinajstić information content (AvgIpc) is 2.94. The SMILES string of the molecule is CC(C)(C)c1ccc(NC(=O)Nc2ccc3cn[nH]c3c2)cc1. The van der Waals surface area contributed by atoms with E-state index in [2.05, 4.69) is 41.6 Å². The molecule has 5 heteroatoms. The standard InChI is InChI=1S/C18H20N4O/c1-18(2,3)13-5-8-14(9-6-13)20-17(23)21-15-7-4-12-11-19-22-16(12)10-15/h4-11H,1-3H3,(H,19,22)(H2,20,21,23). The highest BCUT2D eigenvalue weighted by Gasteiger charge is 2.13. The Morgan fingerprint density at radius 2 is 1.65 bits per heavy atom. The van der Waals surface area contributed by atoms with Crippen LogP contribution in [0.5, 0.6) is 0 Å². The van der Waals surface area contributed by atoms with Crippen LogP contribution in [0.15, 0.2) is 48.7 Å². The fourth-order valence-corrected chi connectivity index (χ4v) is 2.36. The second-order valence-corrected chi connectivity index (χ2v) is 6.58. The molecular weight excluding hydrogens is 288 g/mol. The van der Waals surface area contributed by atoms with Gasteiger partial charge in [0.15, 0.2) is 0 Å². The van der Waals surface area contributed by atoms with Gasteiger partial charge in [-0.1, -0.05) is 32.9 Å². The van der Waals surface area contributed by atoms with Crippen molar-refractivity contribution in [3.8, 4) is 0 Å². The normalized spacial score (nSPS) is 11.4. The van der Waals surface area contributed by atoms with Crippen molar-refractivity contribution in [3.63, 3.8) is 0 Å². The van der Waals surface area contributed by atoms with Gasteiger partial charge in [0.2, 0.25) is 0 Å². The third-order valence-electron chi connectivity index (χ3n) is 3.71. The zero-order valence-corrected chi connectivity index (χ0v) is 13.5. The lowest BCUT2D eigenvalue weighted by molar-refractivity contribution is 0.262. The second-order valence-electron chi connectivity index (χ2n) is 6.58. The first-order valence-electron chi connectivity index (χ1n) is 7.53. The summed E-state index contributed by atoms with van der Waals surface area (Å²) in [6.45, 7) is 6.48. The molecule has 3 aromatic rings. The predicted octanol–water partition coefficient (Wildman–Crippen LogP) is 4.50. The van der Waals surface area contributed by atoms with Gasteiger partial charge in [-0.05, 0) is 41.3 Å². The van der Waals surface area contributed by atoms with Gasteiger partial charge in [-0.2, -0.15) is 5.10 Å². The van der Waals surface area contributed by atoms with E-state index >= 15 is 0 Å². The van der Waals surface area contributed by atoms with E-state index in [1.165, 1.54) is 5.56 Å². The number of aromatic nitrogens is 2. The zero-order chi connectivity index (χ0) is 16.4. The molecule has 3 rings (SSSR count). The molecular formula is C18H20N4O. The minimum absolute atomic E-state index is 0.0975. The predicted molar refractivity (Wildman–Crippen MR) is 93.9 cm³/mol. The molecule has 5 nitrogen and oxygen atoms in total. The van der Waals surface area contributed by atoms with E-state index < -0.39 is 0 Å². The minimum Gasteiger partial charge on any atom is -0.308 e. The molecule has 0 aliphatic heterocycles. The van der Waals surface area contributed by atoms with Gasteiger partial charge < -0.3 is 10.6 Å². The van der Waals surface area contributed by atoms with Crippen LogP contribution >= 0.6 is 0 Å². The summed E-state index contributed by atoms with van der Waals surface area (Å²) < 4.78 is 0. The summed E-state index contributed by atoms with van der Waals surface area (Å²) in [7, 11) is 0. The molecule has 0 unspecified atom stereocenters. The number of amides is 2. The Balaban J connectivity index is 1.66. The highest BCUT2D eigenvalue weighted by Crippen LogP contribution is 2.23. The third-order valence-corrected chi connectivity index (χ3v) is 3.71. The number of nitrogens with one attached hydrogen (secondary N) is 3. The van der Waals surface area contributed by atoms with Crippen LogP contribution < -0.4 is 10.6 Å². The first-order valence-corrected chi connectivity index (χ1v) is 7.53. The van der Waals surface area contributed by atoms with Crippen LogP contribution in [0.4, 0.5) is 16.2 Å². The average molecular weight is 308 g/mol. The summed E-state index contributed by atoms with van der Waals surface area (Å²) in [6.07, 6.45) is 1.75. The monoisotopic (exact) mass is 308 g/mol. The molecule has 1 heterocycles. The van der Waals surface area contributed by atoms with Crippen LogP contribution in [0.2, 0.25) is 0 Å². The van der Waals surface area contributed by atoms with Crippen molar-refractivity contribution in [1.29, 1.82) is 0 Å². The van der Waals surface area contributed by atoms with E-state index in [1.54, 1.807) is 6.20 Å². The van der Waals surface area contributed by atoms with E-state index in [0.717, 1.165) is 16.6 Å². The lowest BCUT2D eigenvalue weighted by Gasteiger charge is -2.19. The number of carbonyl (C=O) groups excluding carboxylic acids is 1. The van der Waals surface area contributed by atoms with E-state index in [1.807, 2.05) is 42.5 Å². The molecule has 118 valence electrons. The van der Waals surface area contributed by atoms with Crippen molar-refractivity contribution in [1.82, 2.24) is 10.2 Å². The van der Waals surface area contributed by atoms with Crippen LogP contribution in [-0.2, 0) is 5.41 Å². The number of rotatable bonds is 2. The van der Waals surface area contributed by atoms with Gasteiger partial charge in [-0.15, -0.1) is 0 Å². The Morgan fingerprint density at radius 1 is 1.00 bits per heavy atom. The molecule has 0 atom stereocenters. The van der Waals surface area contributed by atoms with Gasteiger partial charge in [-0.3, -0.25) is 5.10 Å². The summed E-state index contributed by atoms with van der Waals surface area (Å²) >= 11 is 0. The van der Waals surface area contributed by atoms with E-state index in [-0.39, 0.29) is 11.4 Å². The summed E-state index contributed by atoms with van der Waals surface area (Å²) in [6, 6.07) is 13.2. The van der Waals surface area contributed by atoms with Crippen LogP contribution in [-0.4, -0.2) is 16.2 Å². The molecule has 0 spiro atoms. The number of anilines is 2. The molecule has 23 heavy (non-hydrogen) atoms. The molecule has 1 aromatic heterocycles. The molecule has 0 bridgehead atoms. The maximum absolute atomic E-state index is 12.1. The Labute approximate surface area is 135 Å². The van der Waals surface area contributed by atoms with Crippen molar-refractivity contribution in [3.05, 3.63) is 54.2 Å². The molecule has 2 aromatic carbocycles. The summed E-state index contributed by atoms with van der Waals surface area (Å²) in [5.41, 5.74) is 3.69. The number of hydrogen-bond donors (Lipinski definition) is 3. The topological polar surface area (TPSA) is 69.8 Å². The van der Waals surface area contributed by atoms with Crippen molar-refractivity contribution in [2.45, 2.75) is 26.2 Å². The maximum atomic E-state index is 12.1. The van der Waals surface area contributed by atoms with Gasteiger partial charge in [0.1, 0.15) is 0 Å². The molecule has 0 fully saturated rings. The fourth-order valence-electron chi connectivity index (χ4n) is 2.36. The smallest absolute Gasteiger partial charge is 0.308 e. The Bertz CT molecular complexity index is 828. The van der Waals surface area contributed by atoms with Gasteiger partial charge in [0, 0.05) is 16.8 Å². The third kappa shape index (κ3) is 3.51. The van der Waals surface area contributed by atoms with Crippen molar-refractivity contribution < 1.29 is 4.79 Å². The first-order chi connectivity index (χ1) is 10.9. The lowest BCUT2D eigenvalue weighted by Crippen LogP contribution is -2.19. The van der Waals surface area contributed by atoms with Crippen LogP contribution in [0, 0.1) is 0 Å². The largest absolute Gasteiger partial charge is 0.323 e. The minimum atomic E-state index is -0.271. The van der Waals surface area contributed by atoms with Crippen LogP contribution in [0.1, 0.15) is 26.3 Å². The van der Waals surface area contributed by atoms with Crippen molar-refractivity contribution in [2.75, 3.05) is 10.6 Å². The number of benzene rings is 2. The van der Waals surface area contributed by atoms with Crippen molar-refractivity contribution in [2.24, 2.45) is 0 Å².